The first-order valence-corrected chi connectivity index (χ1v) is 16.7. The minimum Gasteiger partial charge on any atom is -0.414 e. The molecule has 3 nitrogen and oxygen atoms in total. The maximum atomic E-state index is 12.0. The van der Waals surface area contributed by atoms with Crippen molar-refractivity contribution in [2.24, 2.45) is 28.6 Å². The summed E-state index contributed by atoms with van der Waals surface area (Å²) in [4.78, 5) is 4.36. The Bertz CT molecular complexity index is 952. The van der Waals surface area contributed by atoms with Crippen LogP contribution in [0.2, 0.25) is 18.1 Å². The number of allylic oxidation sites excluding steroid dienone is 1. The zero-order valence-corrected chi connectivity index (χ0v) is 23.7. The van der Waals surface area contributed by atoms with Crippen LogP contribution in [0.25, 0.3) is 0 Å². The molecule has 1 aromatic rings. The van der Waals surface area contributed by atoms with Crippen molar-refractivity contribution in [1.29, 1.82) is 0 Å². The Kier molecular flexibility index (Phi) is 5.82. The average molecular weight is 482 g/mol. The third kappa shape index (κ3) is 3.53. The lowest BCUT2D eigenvalue weighted by Crippen LogP contribution is -2.54. The van der Waals surface area contributed by atoms with Crippen LogP contribution in [0, 0.1) is 28.6 Å². The second-order valence-corrected chi connectivity index (χ2v) is 18.9. The molecule has 7 atom stereocenters. The highest BCUT2D eigenvalue weighted by molar-refractivity contribution is 6.74. The molecule has 0 spiro atoms. The van der Waals surface area contributed by atoms with E-state index in [-0.39, 0.29) is 10.5 Å². The minimum absolute atomic E-state index is 0.0540. The SMILES string of the molecule is CC(C)(C)[Si](C)(C)OC1CC[C@@]2(C)C(=CCC3C2CC[C@@]2(C)C3CCC2(O)c2cccnc2)C1. The highest BCUT2D eigenvalue weighted by Gasteiger charge is 2.64. The lowest BCUT2D eigenvalue weighted by molar-refractivity contribution is -0.129. The van der Waals surface area contributed by atoms with Gasteiger partial charge >= 0.3 is 0 Å². The van der Waals surface area contributed by atoms with Crippen LogP contribution in [0.5, 0.6) is 0 Å². The smallest absolute Gasteiger partial charge is 0.192 e. The van der Waals surface area contributed by atoms with Gasteiger partial charge in [-0.15, -0.1) is 0 Å². The second-order valence-electron chi connectivity index (χ2n) is 14.1. The van der Waals surface area contributed by atoms with Crippen LogP contribution in [0.3, 0.4) is 0 Å². The van der Waals surface area contributed by atoms with E-state index >= 15 is 0 Å². The van der Waals surface area contributed by atoms with Gasteiger partial charge in [0.05, 0.1) is 5.60 Å². The highest BCUT2D eigenvalue weighted by atomic mass is 28.4. The van der Waals surface area contributed by atoms with Crippen molar-refractivity contribution in [2.45, 2.75) is 116 Å². The first kappa shape index (κ1) is 24.7. The Balaban J connectivity index is 1.38. The van der Waals surface area contributed by atoms with E-state index < -0.39 is 13.9 Å². The predicted molar refractivity (Wildman–Crippen MR) is 142 cm³/mol. The Morgan fingerprint density at radius 1 is 1.06 bits per heavy atom. The summed E-state index contributed by atoms with van der Waals surface area (Å²) in [5.41, 5.74) is 2.23. The standard InChI is InChI=1S/C30H47NO2Si/c1-27(2,3)34(6,7)33-23-12-15-28(4)21(19-23)10-11-24-25(28)13-16-29(5)26(24)14-17-30(29,32)22-9-8-18-31-20-22/h8-10,18,20,23-26,32H,11-17,19H2,1-7H3/t23?,24?,25?,26?,28-,29-,30?/m0/s1. The summed E-state index contributed by atoms with van der Waals surface area (Å²) in [6, 6.07) is 4.08. The largest absolute Gasteiger partial charge is 0.414 e. The van der Waals surface area contributed by atoms with Crippen LogP contribution >= 0.6 is 0 Å². The van der Waals surface area contributed by atoms with Gasteiger partial charge in [-0.25, -0.2) is 0 Å². The Morgan fingerprint density at radius 2 is 1.79 bits per heavy atom. The number of rotatable bonds is 3. The van der Waals surface area contributed by atoms with Crippen LogP contribution in [0.1, 0.15) is 91.5 Å². The van der Waals surface area contributed by atoms with Crippen molar-refractivity contribution in [3.8, 4) is 0 Å². The lowest BCUT2D eigenvalue weighted by atomic mass is 9.46. The number of aromatic nitrogens is 1. The Morgan fingerprint density at radius 3 is 2.47 bits per heavy atom. The summed E-state index contributed by atoms with van der Waals surface area (Å²) < 4.78 is 6.89. The molecule has 1 heterocycles. The van der Waals surface area contributed by atoms with Gasteiger partial charge in [0.1, 0.15) is 0 Å². The van der Waals surface area contributed by atoms with Gasteiger partial charge in [-0.3, -0.25) is 4.98 Å². The summed E-state index contributed by atoms with van der Waals surface area (Å²) in [6.07, 6.45) is 15.9. The molecule has 0 aliphatic heterocycles. The first-order valence-electron chi connectivity index (χ1n) is 13.8. The lowest BCUT2D eigenvalue weighted by Gasteiger charge is -2.59. The third-order valence-electron chi connectivity index (χ3n) is 11.6. The monoisotopic (exact) mass is 481 g/mol. The maximum Gasteiger partial charge on any atom is 0.192 e. The quantitative estimate of drug-likeness (QED) is 0.356. The van der Waals surface area contributed by atoms with Crippen molar-refractivity contribution in [3.05, 3.63) is 41.7 Å². The van der Waals surface area contributed by atoms with E-state index in [2.05, 4.69) is 64.8 Å². The van der Waals surface area contributed by atoms with Gasteiger partial charge in [0.15, 0.2) is 8.32 Å². The number of aliphatic hydroxyl groups is 1. The molecule has 4 heteroatoms. The fraction of sp³-hybridized carbons (Fsp3) is 0.767. The number of hydrogen-bond donors (Lipinski definition) is 1. The minimum atomic E-state index is -1.74. The number of nitrogens with zero attached hydrogens (tertiary/aromatic N) is 1. The summed E-state index contributed by atoms with van der Waals surface area (Å²) in [6.45, 7) is 16.8. The fourth-order valence-electron chi connectivity index (χ4n) is 8.42. The molecular formula is C30H47NO2Si. The topological polar surface area (TPSA) is 42.4 Å². The van der Waals surface area contributed by atoms with Gasteiger partial charge in [0, 0.05) is 29.5 Å². The van der Waals surface area contributed by atoms with E-state index in [0.717, 1.165) is 37.2 Å². The maximum absolute atomic E-state index is 12.0. The molecule has 1 N–H and O–H groups in total. The fourth-order valence-corrected chi connectivity index (χ4v) is 9.81. The summed E-state index contributed by atoms with van der Waals surface area (Å²) in [7, 11) is -1.74. The summed E-state index contributed by atoms with van der Waals surface area (Å²) in [5.74, 6) is 2.03. The molecule has 0 aromatic carbocycles. The van der Waals surface area contributed by atoms with Gasteiger partial charge in [0.2, 0.25) is 0 Å². The molecule has 0 amide bonds. The van der Waals surface area contributed by atoms with E-state index in [9.17, 15) is 5.11 Å². The predicted octanol–water partition coefficient (Wildman–Crippen LogP) is 7.62. The molecule has 0 bridgehead atoms. The second kappa shape index (κ2) is 8.01. The normalized spacial score (nSPS) is 42.4. The van der Waals surface area contributed by atoms with Gasteiger partial charge < -0.3 is 9.53 Å². The van der Waals surface area contributed by atoms with E-state index in [1.807, 2.05) is 18.5 Å². The van der Waals surface area contributed by atoms with Gasteiger partial charge in [-0.1, -0.05) is 52.3 Å². The molecule has 34 heavy (non-hydrogen) atoms. The average Bonchev–Trinajstić information content (AvgIpc) is 3.05. The van der Waals surface area contributed by atoms with Crippen molar-refractivity contribution in [2.75, 3.05) is 0 Å². The number of pyridine rings is 1. The molecule has 3 saturated carbocycles. The third-order valence-corrected chi connectivity index (χ3v) is 16.2. The zero-order chi connectivity index (χ0) is 24.6. The molecule has 5 unspecified atom stereocenters. The zero-order valence-electron chi connectivity index (χ0n) is 22.7. The molecule has 5 rings (SSSR count). The molecule has 3 fully saturated rings. The summed E-state index contributed by atoms with van der Waals surface area (Å²) >= 11 is 0. The van der Waals surface area contributed by atoms with Crippen molar-refractivity contribution in [1.82, 2.24) is 4.98 Å². The van der Waals surface area contributed by atoms with Crippen LogP contribution in [-0.4, -0.2) is 24.5 Å². The molecule has 0 saturated heterocycles. The Labute approximate surface area is 208 Å². The van der Waals surface area contributed by atoms with Crippen LogP contribution in [-0.2, 0) is 10.0 Å². The highest BCUT2D eigenvalue weighted by Crippen LogP contribution is 2.69. The van der Waals surface area contributed by atoms with E-state index in [4.69, 9.17) is 4.43 Å². The summed E-state index contributed by atoms with van der Waals surface area (Å²) in [5, 5.41) is 12.3. The molecule has 1 aromatic heterocycles. The van der Waals surface area contributed by atoms with E-state index in [1.54, 1.807) is 5.57 Å². The van der Waals surface area contributed by atoms with Crippen molar-refractivity contribution >= 4 is 8.32 Å². The first-order chi connectivity index (χ1) is 15.8. The van der Waals surface area contributed by atoms with Gasteiger partial charge in [0.25, 0.3) is 0 Å². The molecule has 188 valence electrons. The van der Waals surface area contributed by atoms with Gasteiger partial charge in [-0.05, 0) is 98.7 Å². The van der Waals surface area contributed by atoms with Crippen LogP contribution in [0.4, 0.5) is 0 Å². The van der Waals surface area contributed by atoms with Crippen molar-refractivity contribution < 1.29 is 9.53 Å². The molecule has 4 aliphatic carbocycles. The number of hydrogen-bond acceptors (Lipinski definition) is 3. The molecule has 0 radical (unpaired) electrons. The van der Waals surface area contributed by atoms with Crippen molar-refractivity contribution in [3.63, 3.8) is 0 Å². The van der Waals surface area contributed by atoms with Gasteiger partial charge in [-0.2, -0.15) is 0 Å². The van der Waals surface area contributed by atoms with E-state index in [0.29, 0.717) is 23.4 Å². The molecular weight excluding hydrogens is 434 g/mol. The Hall–Kier alpha value is -0.973. The molecule has 4 aliphatic rings. The van der Waals surface area contributed by atoms with Crippen LogP contribution < -0.4 is 0 Å². The van der Waals surface area contributed by atoms with Crippen LogP contribution in [0.15, 0.2) is 36.2 Å². The van der Waals surface area contributed by atoms with E-state index in [1.165, 1.54) is 25.7 Å². The number of fused-ring (bicyclic) bond motifs is 5.